The summed E-state index contributed by atoms with van der Waals surface area (Å²) in [4.78, 5) is 0. The Morgan fingerprint density at radius 2 is 1.86 bits per heavy atom. The van der Waals surface area contributed by atoms with Crippen molar-refractivity contribution >= 4 is 27.5 Å². The summed E-state index contributed by atoms with van der Waals surface area (Å²) in [5.74, 6) is 0.152. The van der Waals surface area contributed by atoms with E-state index in [1.165, 1.54) is 5.56 Å². The van der Waals surface area contributed by atoms with Gasteiger partial charge in [-0.3, -0.25) is 0 Å². The Morgan fingerprint density at radius 3 is 2.62 bits per heavy atom. The average molecular weight is 369 g/mol. The molecular weight excluding hydrogens is 353 g/mol. The first-order chi connectivity index (χ1) is 10.2. The molecule has 2 atom stereocenters. The lowest BCUT2D eigenvalue weighted by atomic mass is 9.77. The number of benzene rings is 2. The van der Waals surface area contributed by atoms with Crippen LogP contribution in [-0.2, 0) is 0 Å². The highest BCUT2D eigenvalue weighted by Crippen LogP contribution is 2.39. The monoisotopic (exact) mass is 367 g/mol. The van der Waals surface area contributed by atoms with Gasteiger partial charge in [0.25, 0.3) is 0 Å². The molecule has 0 saturated carbocycles. The molecule has 2 unspecified atom stereocenters. The first-order valence-corrected chi connectivity index (χ1v) is 8.24. The van der Waals surface area contributed by atoms with Crippen LogP contribution in [0.15, 0.2) is 46.9 Å². The smallest absolute Gasteiger partial charge is 0.145 e. The third kappa shape index (κ3) is 3.15. The second-order valence-corrected chi connectivity index (χ2v) is 6.72. The van der Waals surface area contributed by atoms with E-state index in [1.807, 2.05) is 24.3 Å². The molecule has 0 aliphatic carbocycles. The van der Waals surface area contributed by atoms with Crippen LogP contribution >= 0.6 is 27.5 Å². The highest BCUT2D eigenvalue weighted by atomic mass is 79.9. The summed E-state index contributed by atoms with van der Waals surface area (Å²) in [5, 5.41) is 3.62. The van der Waals surface area contributed by atoms with Crippen LogP contribution < -0.4 is 5.32 Å². The maximum Gasteiger partial charge on any atom is 0.145 e. The maximum atomic E-state index is 14.4. The lowest BCUT2D eigenvalue weighted by Gasteiger charge is -2.33. The molecular formula is C17H16BrClFN. The molecule has 110 valence electrons. The quantitative estimate of drug-likeness (QED) is 0.777. The molecule has 1 aliphatic rings. The number of piperidine rings is 1. The highest BCUT2D eigenvalue weighted by Gasteiger charge is 2.30. The maximum absolute atomic E-state index is 14.4. The molecule has 1 fully saturated rings. The van der Waals surface area contributed by atoms with Gasteiger partial charge in [-0.1, -0.05) is 51.8 Å². The second kappa shape index (κ2) is 6.47. The summed E-state index contributed by atoms with van der Waals surface area (Å²) in [7, 11) is 0. The van der Waals surface area contributed by atoms with E-state index in [4.69, 9.17) is 11.6 Å². The van der Waals surface area contributed by atoms with E-state index in [-0.39, 0.29) is 22.7 Å². The molecule has 0 spiro atoms. The van der Waals surface area contributed by atoms with Crippen LogP contribution in [0.4, 0.5) is 4.39 Å². The predicted octanol–water partition coefficient (Wildman–Crippen LogP) is 5.10. The molecule has 0 radical (unpaired) electrons. The van der Waals surface area contributed by atoms with Gasteiger partial charge in [-0.05, 0) is 48.2 Å². The molecule has 1 saturated heterocycles. The summed E-state index contributed by atoms with van der Waals surface area (Å²) in [6.07, 6.45) is 0.915. The van der Waals surface area contributed by atoms with Gasteiger partial charge < -0.3 is 5.32 Å². The Morgan fingerprint density at radius 1 is 1.10 bits per heavy atom. The number of hydrogen-bond donors (Lipinski definition) is 1. The number of halogens is 3. The van der Waals surface area contributed by atoms with Gasteiger partial charge in [0.05, 0.1) is 5.02 Å². The molecule has 1 nitrogen and oxygen atoms in total. The van der Waals surface area contributed by atoms with E-state index in [0.717, 1.165) is 29.5 Å². The van der Waals surface area contributed by atoms with Crippen molar-refractivity contribution in [3.63, 3.8) is 0 Å². The summed E-state index contributed by atoms with van der Waals surface area (Å²) >= 11 is 9.41. The minimum Gasteiger partial charge on any atom is -0.316 e. The molecule has 0 amide bonds. The van der Waals surface area contributed by atoms with Gasteiger partial charge in [0, 0.05) is 16.9 Å². The Balaban J connectivity index is 1.98. The van der Waals surface area contributed by atoms with Crippen molar-refractivity contribution in [1.82, 2.24) is 5.32 Å². The SMILES string of the molecule is Fc1c(Cl)cccc1C1CCNCC1c1ccc(Br)cc1. The Bertz CT molecular complexity index is 629. The van der Waals surface area contributed by atoms with Gasteiger partial charge >= 0.3 is 0 Å². The Labute approximate surface area is 137 Å². The van der Waals surface area contributed by atoms with Crippen molar-refractivity contribution in [1.29, 1.82) is 0 Å². The first-order valence-electron chi connectivity index (χ1n) is 7.07. The van der Waals surface area contributed by atoms with Crippen LogP contribution in [-0.4, -0.2) is 13.1 Å². The van der Waals surface area contributed by atoms with Gasteiger partial charge in [0.1, 0.15) is 5.82 Å². The van der Waals surface area contributed by atoms with Gasteiger partial charge in [0.15, 0.2) is 0 Å². The molecule has 4 heteroatoms. The van der Waals surface area contributed by atoms with E-state index in [2.05, 4.69) is 33.4 Å². The minimum absolute atomic E-state index is 0.158. The summed E-state index contributed by atoms with van der Waals surface area (Å²) in [6.45, 7) is 1.77. The summed E-state index contributed by atoms with van der Waals surface area (Å²) in [5.41, 5.74) is 1.96. The number of nitrogens with one attached hydrogen (secondary N) is 1. The average Bonchev–Trinajstić information content (AvgIpc) is 2.51. The fourth-order valence-electron chi connectivity index (χ4n) is 3.10. The fourth-order valence-corrected chi connectivity index (χ4v) is 3.54. The predicted molar refractivity (Wildman–Crippen MR) is 88.5 cm³/mol. The van der Waals surface area contributed by atoms with Crippen molar-refractivity contribution in [3.05, 3.63) is 68.9 Å². The molecule has 3 rings (SSSR count). The third-order valence-electron chi connectivity index (χ3n) is 4.16. The van der Waals surface area contributed by atoms with Crippen LogP contribution in [0.2, 0.25) is 5.02 Å². The van der Waals surface area contributed by atoms with Crippen LogP contribution in [0.1, 0.15) is 29.4 Å². The molecule has 0 aromatic heterocycles. The summed E-state index contributed by atoms with van der Waals surface area (Å²) in [6, 6.07) is 13.6. The van der Waals surface area contributed by atoms with Crippen molar-refractivity contribution < 1.29 is 4.39 Å². The molecule has 0 bridgehead atoms. The standard InChI is InChI=1S/C17H16BrClFN/c18-12-6-4-11(5-7-12)15-10-21-9-8-13(15)14-2-1-3-16(19)17(14)20/h1-7,13,15,21H,8-10H2. The minimum atomic E-state index is -0.270. The second-order valence-electron chi connectivity index (χ2n) is 5.40. The molecule has 1 heterocycles. The molecule has 2 aromatic carbocycles. The fraction of sp³-hybridized carbons (Fsp3) is 0.294. The Kier molecular flexibility index (Phi) is 4.63. The van der Waals surface area contributed by atoms with E-state index >= 15 is 0 Å². The normalized spacial score (nSPS) is 22.2. The first kappa shape index (κ1) is 15.0. The van der Waals surface area contributed by atoms with E-state index in [0.29, 0.717) is 0 Å². The van der Waals surface area contributed by atoms with E-state index in [9.17, 15) is 4.39 Å². The Hall–Kier alpha value is -0.900. The zero-order valence-corrected chi connectivity index (χ0v) is 13.8. The topological polar surface area (TPSA) is 12.0 Å². The van der Waals surface area contributed by atoms with Crippen LogP contribution in [0, 0.1) is 5.82 Å². The van der Waals surface area contributed by atoms with Crippen LogP contribution in [0.3, 0.4) is 0 Å². The van der Waals surface area contributed by atoms with Crippen molar-refractivity contribution in [3.8, 4) is 0 Å². The zero-order chi connectivity index (χ0) is 14.8. The highest BCUT2D eigenvalue weighted by molar-refractivity contribution is 9.10. The van der Waals surface area contributed by atoms with Crippen molar-refractivity contribution in [2.45, 2.75) is 18.3 Å². The van der Waals surface area contributed by atoms with Gasteiger partial charge in [-0.15, -0.1) is 0 Å². The molecule has 21 heavy (non-hydrogen) atoms. The zero-order valence-electron chi connectivity index (χ0n) is 11.5. The van der Waals surface area contributed by atoms with E-state index < -0.39 is 0 Å². The molecule has 1 aliphatic heterocycles. The van der Waals surface area contributed by atoms with Crippen LogP contribution in [0.5, 0.6) is 0 Å². The van der Waals surface area contributed by atoms with Gasteiger partial charge in [-0.2, -0.15) is 0 Å². The van der Waals surface area contributed by atoms with Gasteiger partial charge in [-0.25, -0.2) is 4.39 Å². The lowest BCUT2D eigenvalue weighted by Crippen LogP contribution is -2.34. The van der Waals surface area contributed by atoms with Crippen molar-refractivity contribution in [2.24, 2.45) is 0 Å². The number of hydrogen-bond acceptors (Lipinski definition) is 1. The lowest BCUT2D eigenvalue weighted by molar-refractivity contribution is 0.393. The van der Waals surface area contributed by atoms with E-state index in [1.54, 1.807) is 6.07 Å². The van der Waals surface area contributed by atoms with Crippen molar-refractivity contribution in [2.75, 3.05) is 13.1 Å². The van der Waals surface area contributed by atoms with Crippen LogP contribution in [0.25, 0.3) is 0 Å². The third-order valence-corrected chi connectivity index (χ3v) is 4.98. The number of rotatable bonds is 2. The van der Waals surface area contributed by atoms with Gasteiger partial charge in [0.2, 0.25) is 0 Å². The molecule has 2 aromatic rings. The summed E-state index contributed by atoms with van der Waals surface area (Å²) < 4.78 is 15.4. The largest absolute Gasteiger partial charge is 0.316 e. The molecule has 1 N–H and O–H groups in total.